The molecule has 3 aliphatic heterocycles. The molecule has 3 aliphatic rings. The molecule has 2 aromatic rings. The summed E-state index contributed by atoms with van der Waals surface area (Å²) < 4.78 is 0.990. The van der Waals surface area contributed by atoms with E-state index >= 15 is 0 Å². The summed E-state index contributed by atoms with van der Waals surface area (Å²) in [5, 5.41) is 7.15. The summed E-state index contributed by atoms with van der Waals surface area (Å²) >= 11 is 1.44. The van der Waals surface area contributed by atoms with Crippen molar-refractivity contribution in [3.63, 3.8) is 0 Å². The number of carbonyl (C=O) groups is 3. The third kappa shape index (κ3) is 5.22. The quantitative estimate of drug-likeness (QED) is 0.636. The molecular weight excluding hydrogens is 474 g/mol. The van der Waals surface area contributed by atoms with Crippen molar-refractivity contribution < 1.29 is 14.4 Å². The lowest BCUT2D eigenvalue weighted by Crippen LogP contribution is -2.51. The van der Waals surface area contributed by atoms with Crippen LogP contribution in [0.25, 0.3) is 10.1 Å². The number of thiophene rings is 1. The van der Waals surface area contributed by atoms with Gasteiger partial charge in [0.2, 0.25) is 5.91 Å². The van der Waals surface area contributed by atoms with Gasteiger partial charge >= 0.3 is 6.03 Å². The predicted molar refractivity (Wildman–Crippen MR) is 144 cm³/mol. The zero-order chi connectivity index (χ0) is 25.1. The van der Waals surface area contributed by atoms with Crippen molar-refractivity contribution in [3.8, 4) is 0 Å². The summed E-state index contributed by atoms with van der Waals surface area (Å²) in [5.74, 6) is 0.455. The third-order valence-electron chi connectivity index (χ3n) is 7.86. The molecule has 0 bridgehead atoms. The molecule has 36 heavy (non-hydrogen) atoms. The number of hydrogen-bond acceptors (Lipinski definition) is 5. The van der Waals surface area contributed by atoms with Crippen LogP contribution in [0, 0.1) is 5.92 Å². The smallest absolute Gasteiger partial charge is 0.319 e. The van der Waals surface area contributed by atoms with E-state index < -0.39 is 0 Å². The SMILES string of the molecule is CCNC(=O)Nc1sc2ccccc2c1C(=O)N1CCC(N2CCCC(C(=O)N3CCCC3)C2)CC1. The maximum absolute atomic E-state index is 13.7. The van der Waals surface area contributed by atoms with E-state index in [1.807, 2.05) is 36.1 Å². The van der Waals surface area contributed by atoms with Gasteiger partial charge in [-0.15, -0.1) is 11.3 Å². The zero-order valence-corrected chi connectivity index (χ0v) is 21.9. The zero-order valence-electron chi connectivity index (χ0n) is 21.1. The highest BCUT2D eigenvalue weighted by atomic mass is 32.1. The van der Waals surface area contributed by atoms with Gasteiger partial charge in [-0.1, -0.05) is 18.2 Å². The normalized spacial score (nSPS) is 21.6. The van der Waals surface area contributed by atoms with Crippen molar-refractivity contribution in [1.82, 2.24) is 20.0 Å². The Morgan fingerprint density at radius 3 is 2.44 bits per heavy atom. The van der Waals surface area contributed by atoms with Crippen LogP contribution in [-0.4, -0.2) is 84.4 Å². The Balaban J connectivity index is 1.24. The van der Waals surface area contributed by atoms with E-state index in [1.54, 1.807) is 0 Å². The molecule has 1 aromatic carbocycles. The van der Waals surface area contributed by atoms with E-state index in [0.29, 0.717) is 42.1 Å². The third-order valence-corrected chi connectivity index (χ3v) is 8.95. The van der Waals surface area contributed by atoms with Crippen LogP contribution in [0.2, 0.25) is 0 Å². The lowest BCUT2D eigenvalue weighted by molar-refractivity contribution is -0.136. The first-order valence-electron chi connectivity index (χ1n) is 13.4. The number of rotatable bonds is 5. The van der Waals surface area contributed by atoms with Crippen LogP contribution >= 0.6 is 11.3 Å². The van der Waals surface area contributed by atoms with Gasteiger partial charge in [-0.25, -0.2) is 4.79 Å². The highest BCUT2D eigenvalue weighted by Gasteiger charge is 2.35. The topological polar surface area (TPSA) is 85.0 Å². The van der Waals surface area contributed by atoms with Crippen molar-refractivity contribution in [2.75, 3.05) is 51.1 Å². The minimum Gasteiger partial charge on any atom is -0.342 e. The van der Waals surface area contributed by atoms with Crippen molar-refractivity contribution in [2.45, 2.75) is 51.5 Å². The van der Waals surface area contributed by atoms with Crippen molar-refractivity contribution in [1.29, 1.82) is 0 Å². The average molecular weight is 512 g/mol. The Bertz CT molecular complexity index is 1100. The number of amides is 4. The van der Waals surface area contributed by atoms with Crippen molar-refractivity contribution in [3.05, 3.63) is 29.8 Å². The molecule has 1 atom stereocenters. The summed E-state index contributed by atoms with van der Waals surface area (Å²) in [6.07, 6.45) is 6.16. The minimum atomic E-state index is -0.292. The molecule has 3 saturated heterocycles. The van der Waals surface area contributed by atoms with E-state index in [0.717, 1.165) is 74.8 Å². The van der Waals surface area contributed by atoms with Crippen LogP contribution in [0.15, 0.2) is 24.3 Å². The monoisotopic (exact) mass is 511 g/mol. The highest BCUT2D eigenvalue weighted by Crippen LogP contribution is 2.37. The Kier molecular flexibility index (Phi) is 7.76. The fourth-order valence-electron chi connectivity index (χ4n) is 5.98. The average Bonchev–Trinajstić information content (AvgIpc) is 3.56. The molecule has 0 aliphatic carbocycles. The molecule has 9 heteroatoms. The molecule has 8 nitrogen and oxygen atoms in total. The second-order valence-corrected chi connectivity index (χ2v) is 11.2. The summed E-state index contributed by atoms with van der Waals surface area (Å²) in [7, 11) is 0. The standard InChI is InChI=1S/C27H37N5O3S/c1-2-28-27(35)29-24-23(21-9-3-4-10-22(21)36-24)26(34)31-16-11-20(12-17-31)32-15-7-8-19(18-32)25(33)30-13-5-6-14-30/h3-4,9-10,19-20H,2,5-8,11-18H2,1H3,(H2,28,29,35). The first-order chi connectivity index (χ1) is 17.5. The van der Waals surface area contributed by atoms with Crippen LogP contribution in [0.5, 0.6) is 0 Å². The van der Waals surface area contributed by atoms with Gasteiger partial charge in [0.1, 0.15) is 5.00 Å². The molecule has 194 valence electrons. The second-order valence-electron chi connectivity index (χ2n) is 10.2. The van der Waals surface area contributed by atoms with Gasteiger partial charge in [0.05, 0.1) is 11.5 Å². The molecule has 0 spiro atoms. The second kappa shape index (κ2) is 11.2. The maximum atomic E-state index is 13.7. The van der Waals surface area contributed by atoms with Crippen LogP contribution in [0.3, 0.4) is 0 Å². The first-order valence-corrected chi connectivity index (χ1v) is 14.2. The van der Waals surface area contributed by atoms with Crippen LogP contribution in [-0.2, 0) is 4.79 Å². The van der Waals surface area contributed by atoms with Gasteiger partial charge in [-0.2, -0.15) is 0 Å². The molecule has 0 saturated carbocycles. The maximum Gasteiger partial charge on any atom is 0.319 e. The van der Waals surface area contributed by atoms with Gasteiger partial charge < -0.3 is 15.1 Å². The van der Waals surface area contributed by atoms with Crippen molar-refractivity contribution >= 4 is 44.3 Å². The minimum absolute atomic E-state index is 0.0153. The van der Waals surface area contributed by atoms with E-state index in [2.05, 4.69) is 20.4 Å². The number of piperidine rings is 2. The lowest BCUT2D eigenvalue weighted by Gasteiger charge is -2.42. The molecule has 1 aromatic heterocycles. The van der Waals surface area contributed by atoms with Crippen LogP contribution in [0.1, 0.15) is 55.8 Å². The van der Waals surface area contributed by atoms with E-state index in [-0.39, 0.29) is 17.9 Å². The van der Waals surface area contributed by atoms with Gasteiger partial charge in [0.25, 0.3) is 5.91 Å². The molecule has 5 rings (SSSR count). The van der Waals surface area contributed by atoms with Crippen LogP contribution < -0.4 is 10.6 Å². The Morgan fingerprint density at radius 1 is 0.944 bits per heavy atom. The largest absolute Gasteiger partial charge is 0.342 e. The summed E-state index contributed by atoms with van der Waals surface area (Å²) in [5.41, 5.74) is 0.592. The fourth-order valence-corrected chi connectivity index (χ4v) is 7.07. The van der Waals surface area contributed by atoms with Gasteiger partial charge in [0.15, 0.2) is 0 Å². The lowest BCUT2D eigenvalue weighted by atomic mass is 9.92. The summed E-state index contributed by atoms with van der Waals surface area (Å²) in [6, 6.07) is 7.96. The number of nitrogens with one attached hydrogen (secondary N) is 2. The Morgan fingerprint density at radius 2 is 1.69 bits per heavy atom. The number of nitrogens with zero attached hydrogens (tertiary/aromatic N) is 3. The molecule has 2 N–H and O–H groups in total. The number of hydrogen-bond donors (Lipinski definition) is 2. The summed E-state index contributed by atoms with van der Waals surface area (Å²) in [4.78, 5) is 45.4. The number of urea groups is 1. The van der Waals surface area contributed by atoms with Crippen molar-refractivity contribution in [2.24, 2.45) is 5.92 Å². The summed E-state index contributed by atoms with van der Waals surface area (Å²) in [6.45, 7) is 7.50. The first kappa shape index (κ1) is 25.0. The van der Waals surface area contributed by atoms with Gasteiger partial charge in [-0.05, 0) is 58.1 Å². The van der Waals surface area contributed by atoms with Gasteiger partial charge in [-0.3, -0.25) is 19.8 Å². The van der Waals surface area contributed by atoms with Crippen LogP contribution in [0.4, 0.5) is 9.80 Å². The molecule has 4 heterocycles. The van der Waals surface area contributed by atoms with E-state index in [4.69, 9.17) is 0 Å². The molecule has 4 amide bonds. The Hall–Kier alpha value is -2.65. The number of benzene rings is 1. The number of fused-ring (bicyclic) bond motifs is 1. The molecular formula is C27H37N5O3S. The number of carbonyl (C=O) groups excluding carboxylic acids is 3. The Labute approximate surface area is 217 Å². The van der Waals surface area contributed by atoms with Gasteiger partial charge in [0, 0.05) is 55.4 Å². The molecule has 1 unspecified atom stereocenters. The fraction of sp³-hybridized carbons (Fsp3) is 0.593. The number of anilines is 1. The van der Waals surface area contributed by atoms with E-state index in [9.17, 15) is 14.4 Å². The van der Waals surface area contributed by atoms with E-state index in [1.165, 1.54) is 11.3 Å². The number of likely N-dealkylation sites (tertiary alicyclic amines) is 3. The molecule has 3 fully saturated rings. The molecule has 0 radical (unpaired) electrons. The highest BCUT2D eigenvalue weighted by molar-refractivity contribution is 7.23. The predicted octanol–water partition coefficient (Wildman–Crippen LogP) is 3.98.